The third kappa shape index (κ3) is 4.92. The first kappa shape index (κ1) is 17.7. The van der Waals surface area contributed by atoms with Crippen LogP contribution in [-0.2, 0) is 15.6 Å². The molecule has 1 saturated carbocycles. The van der Waals surface area contributed by atoms with Crippen molar-refractivity contribution in [1.82, 2.24) is 5.32 Å². The van der Waals surface area contributed by atoms with Crippen molar-refractivity contribution in [3.05, 3.63) is 70.8 Å². The molecule has 132 valence electrons. The lowest BCUT2D eigenvalue weighted by Crippen LogP contribution is -2.29. The van der Waals surface area contributed by atoms with E-state index in [9.17, 15) is 13.2 Å². The van der Waals surface area contributed by atoms with E-state index < -0.39 is 9.84 Å². The van der Waals surface area contributed by atoms with Crippen LogP contribution in [0.25, 0.3) is 0 Å². The van der Waals surface area contributed by atoms with Crippen LogP contribution in [-0.4, -0.2) is 20.6 Å². The lowest BCUT2D eigenvalue weighted by Gasteiger charge is -2.19. The molecule has 1 aliphatic carbocycles. The maximum atomic E-state index is 12.6. The molecule has 0 radical (unpaired) electrons. The Morgan fingerprint density at radius 1 is 1.08 bits per heavy atom. The molecule has 2 aromatic carbocycles. The van der Waals surface area contributed by atoms with E-state index in [1.807, 2.05) is 6.92 Å². The van der Waals surface area contributed by atoms with E-state index >= 15 is 0 Å². The van der Waals surface area contributed by atoms with Crippen LogP contribution in [0.3, 0.4) is 0 Å². The van der Waals surface area contributed by atoms with Crippen molar-refractivity contribution in [2.45, 2.75) is 31.6 Å². The predicted molar refractivity (Wildman–Crippen MR) is 99.1 cm³/mol. The number of carbonyl (C=O) groups excluding carboxylic acids is 1. The van der Waals surface area contributed by atoms with Gasteiger partial charge in [0.2, 0.25) is 0 Å². The average Bonchev–Trinajstić information content (AvgIpc) is 3.37. The minimum absolute atomic E-state index is 0.0109. The molecule has 0 aliphatic heterocycles. The van der Waals surface area contributed by atoms with Gasteiger partial charge in [-0.15, -0.1) is 0 Å². The summed E-state index contributed by atoms with van der Waals surface area (Å²) in [5, 5.41) is 3.14. The summed E-state index contributed by atoms with van der Waals surface area (Å²) in [4.78, 5) is 12.6. The highest BCUT2D eigenvalue weighted by Gasteiger charge is 2.33. The number of nitrogens with one attached hydrogen (secondary N) is 1. The molecular weight excluding hydrogens is 334 g/mol. The molecule has 1 atom stereocenters. The van der Waals surface area contributed by atoms with Gasteiger partial charge in [-0.25, -0.2) is 8.42 Å². The van der Waals surface area contributed by atoms with Gasteiger partial charge in [0.15, 0.2) is 9.84 Å². The Morgan fingerprint density at radius 3 is 2.20 bits per heavy atom. The molecule has 2 aromatic rings. The van der Waals surface area contributed by atoms with Gasteiger partial charge in [-0.2, -0.15) is 0 Å². The fourth-order valence-corrected chi connectivity index (χ4v) is 3.75. The van der Waals surface area contributed by atoms with Crippen molar-refractivity contribution in [2.24, 2.45) is 5.92 Å². The minimum atomic E-state index is -3.07. The summed E-state index contributed by atoms with van der Waals surface area (Å²) in [6.45, 7) is 2.05. The Balaban J connectivity index is 1.72. The predicted octanol–water partition coefficient (Wildman–Crippen LogP) is 3.42. The highest BCUT2D eigenvalue weighted by atomic mass is 32.2. The number of hydrogen-bond donors (Lipinski definition) is 1. The third-order valence-corrected chi connectivity index (χ3v) is 5.32. The van der Waals surface area contributed by atoms with E-state index in [0.29, 0.717) is 17.0 Å². The standard InChI is InChI=1S/C20H23NO3S/c1-14-3-7-16(8-4-14)19(17-11-12-17)21-20(22)18-9-5-15(6-10-18)13-25(2,23)24/h3-10,17,19H,11-13H2,1-2H3,(H,21,22). The molecule has 1 amide bonds. The van der Waals surface area contributed by atoms with Crippen molar-refractivity contribution in [1.29, 1.82) is 0 Å². The monoisotopic (exact) mass is 357 g/mol. The summed E-state index contributed by atoms with van der Waals surface area (Å²) < 4.78 is 22.7. The first-order valence-electron chi connectivity index (χ1n) is 8.46. The molecule has 0 bridgehead atoms. The number of sulfone groups is 1. The van der Waals surface area contributed by atoms with Crippen LogP contribution in [0, 0.1) is 12.8 Å². The molecule has 0 saturated heterocycles. The van der Waals surface area contributed by atoms with Gasteiger partial charge in [0.1, 0.15) is 0 Å². The summed E-state index contributed by atoms with van der Waals surface area (Å²) in [6, 6.07) is 15.1. The first-order chi connectivity index (χ1) is 11.8. The Labute approximate surface area is 149 Å². The van der Waals surface area contributed by atoms with E-state index in [1.54, 1.807) is 24.3 Å². The SMILES string of the molecule is Cc1ccc(C(NC(=O)c2ccc(CS(C)(=O)=O)cc2)C2CC2)cc1. The normalized spacial score (nSPS) is 15.6. The number of rotatable bonds is 6. The highest BCUT2D eigenvalue weighted by Crippen LogP contribution is 2.41. The molecule has 1 unspecified atom stereocenters. The Morgan fingerprint density at radius 2 is 1.68 bits per heavy atom. The van der Waals surface area contributed by atoms with Crippen LogP contribution in [0.1, 0.15) is 45.9 Å². The molecule has 5 heteroatoms. The minimum Gasteiger partial charge on any atom is -0.345 e. The van der Waals surface area contributed by atoms with Gasteiger partial charge >= 0.3 is 0 Å². The van der Waals surface area contributed by atoms with Gasteiger partial charge in [-0.3, -0.25) is 4.79 Å². The van der Waals surface area contributed by atoms with Crippen molar-refractivity contribution >= 4 is 15.7 Å². The number of aryl methyl sites for hydroxylation is 1. The van der Waals surface area contributed by atoms with Gasteiger partial charge in [0, 0.05) is 11.8 Å². The maximum absolute atomic E-state index is 12.6. The third-order valence-electron chi connectivity index (χ3n) is 4.46. The smallest absolute Gasteiger partial charge is 0.251 e. The summed E-state index contributed by atoms with van der Waals surface area (Å²) in [7, 11) is -3.07. The highest BCUT2D eigenvalue weighted by molar-refractivity contribution is 7.89. The van der Waals surface area contributed by atoms with Crippen LogP contribution in [0.15, 0.2) is 48.5 Å². The zero-order valence-electron chi connectivity index (χ0n) is 14.5. The number of carbonyl (C=O) groups is 1. The zero-order valence-corrected chi connectivity index (χ0v) is 15.3. The van der Waals surface area contributed by atoms with Gasteiger partial charge in [0.05, 0.1) is 11.8 Å². The van der Waals surface area contributed by atoms with Crippen molar-refractivity contribution in [3.8, 4) is 0 Å². The lowest BCUT2D eigenvalue weighted by molar-refractivity contribution is 0.0931. The number of hydrogen-bond acceptors (Lipinski definition) is 3. The molecule has 1 fully saturated rings. The molecule has 4 nitrogen and oxygen atoms in total. The van der Waals surface area contributed by atoms with Crippen LogP contribution >= 0.6 is 0 Å². The summed E-state index contributed by atoms with van der Waals surface area (Å²) in [5.74, 6) is 0.364. The average molecular weight is 357 g/mol. The van der Waals surface area contributed by atoms with Crippen LogP contribution in [0.5, 0.6) is 0 Å². The van der Waals surface area contributed by atoms with Crippen molar-refractivity contribution < 1.29 is 13.2 Å². The van der Waals surface area contributed by atoms with Crippen molar-refractivity contribution in [3.63, 3.8) is 0 Å². The molecule has 1 aliphatic rings. The Hall–Kier alpha value is -2.14. The van der Waals surface area contributed by atoms with Crippen LogP contribution < -0.4 is 5.32 Å². The number of amides is 1. The van der Waals surface area contributed by atoms with E-state index in [2.05, 4.69) is 29.6 Å². The quantitative estimate of drug-likeness (QED) is 0.861. The topological polar surface area (TPSA) is 63.2 Å². The van der Waals surface area contributed by atoms with Gasteiger partial charge in [0.25, 0.3) is 5.91 Å². The van der Waals surface area contributed by atoms with E-state index in [0.717, 1.165) is 18.4 Å². The second-order valence-electron chi connectivity index (χ2n) is 6.97. The van der Waals surface area contributed by atoms with Crippen LogP contribution in [0.2, 0.25) is 0 Å². The summed E-state index contributed by atoms with van der Waals surface area (Å²) >= 11 is 0. The van der Waals surface area contributed by atoms with Crippen LogP contribution in [0.4, 0.5) is 0 Å². The molecule has 3 rings (SSSR count). The molecule has 0 heterocycles. The molecule has 0 aromatic heterocycles. The lowest BCUT2D eigenvalue weighted by atomic mass is 10.0. The Bertz CT molecular complexity index is 851. The van der Waals surface area contributed by atoms with Gasteiger partial charge in [-0.1, -0.05) is 42.0 Å². The largest absolute Gasteiger partial charge is 0.345 e. The van der Waals surface area contributed by atoms with E-state index in [1.165, 1.54) is 11.8 Å². The Kier molecular flexibility index (Phi) is 4.95. The number of benzene rings is 2. The van der Waals surface area contributed by atoms with E-state index in [4.69, 9.17) is 0 Å². The fourth-order valence-electron chi connectivity index (χ4n) is 2.96. The first-order valence-corrected chi connectivity index (χ1v) is 10.5. The molecule has 1 N–H and O–H groups in total. The van der Waals surface area contributed by atoms with Gasteiger partial charge in [-0.05, 0) is 48.9 Å². The maximum Gasteiger partial charge on any atom is 0.251 e. The molecular formula is C20H23NO3S. The summed E-state index contributed by atoms with van der Waals surface area (Å²) in [6.07, 6.45) is 3.47. The van der Waals surface area contributed by atoms with Gasteiger partial charge < -0.3 is 5.32 Å². The zero-order chi connectivity index (χ0) is 18.0. The molecule has 0 spiro atoms. The second kappa shape index (κ2) is 7.00. The van der Waals surface area contributed by atoms with E-state index in [-0.39, 0.29) is 17.7 Å². The van der Waals surface area contributed by atoms with Crippen molar-refractivity contribution in [2.75, 3.05) is 6.26 Å². The summed E-state index contributed by atoms with van der Waals surface area (Å²) in [5.41, 5.74) is 3.58. The molecule has 25 heavy (non-hydrogen) atoms. The fraction of sp³-hybridized carbons (Fsp3) is 0.350. The second-order valence-corrected chi connectivity index (χ2v) is 9.11.